The topological polar surface area (TPSA) is 47.0 Å². The van der Waals surface area contributed by atoms with E-state index in [9.17, 15) is 4.39 Å². The molecule has 19 heavy (non-hydrogen) atoms. The third-order valence-electron chi connectivity index (χ3n) is 2.92. The third kappa shape index (κ3) is 2.65. The molecule has 1 heterocycles. The van der Waals surface area contributed by atoms with Gasteiger partial charge in [0.05, 0.1) is 12.3 Å². The van der Waals surface area contributed by atoms with Crippen molar-refractivity contribution in [2.45, 2.75) is 18.9 Å². The fraction of sp³-hybridized carbons (Fsp3) is 0.286. The zero-order chi connectivity index (χ0) is 13.2. The van der Waals surface area contributed by atoms with Crippen molar-refractivity contribution in [3.05, 3.63) is 36.3 Å². The first-order valence-electron chi connectivity index (χ1n) is 6.23. The number of ether oxygens (including phenoxy) is 1. The van der Waals surface area contributed by atoms with E-state index in [1.165, 1.54) is 6.20 Å². The lowest BCUT2D eigenvalue weighted by molar-refractivity contribution is 0.303. The molecule has 0 unspecified atom stereocenters. The van der Waals surface area contributed by atoms with Gasteiger partial charge in [-0.2, -0.15) is 0 Å². The Morgan fingerprint density at radius 1 is 1.26 bits per heavy atom. The Labute approximate surface area is 110 Å². The van der Waals surface area contributed by atoms with Crippen LogP contribution in [0.2, 0.25) is 0 Å². The summed E-state index contributed by atoms with van der Waals surface area (Å²) in [5.41, 5.74) is 0.997. The Hall–Kier alpha value is -2.17. The number of hydrogen-bond donors (Lipinski definition) is 1. The summed E-state index contributed by atoms with van der Waals surface area (Å²) in [6.45, 7) is 0. The summed E-state index contributed by atoms with van der Waals surface area (Å²) < 4.78 is 19.4. The lowest BCUT2D eigenvalue weighted by Crippen LogP contribution is -2.00. The normalized spacial score (nSPS) is 14.2. The van der Waals surface area contributed by atoms with Crippen molar-refractivity contribution < 1.29 is 9.13 Å². The molecule has 0 amide bonds. The molecule has 1 aliphatic rings. The van der Waals surface area contributed by atoms with E-state index in [1.54, 1.807) is 7.05 Å². The van der Waals surface area contributed by atoms with Gasteiger partial charge in [0.25, 0.3) is 0 Å². The minimum absolute atomic E-state index is 0.289. The largest absolute Gasteiger partial charge is 0.490 e. The van der Waals surface area contributed by atoms with Gasteiger partial charge in [-0.1, -0.05) is 0 Å². The molecule has 5 heteroatoms. The van der Waals surface area contributed by atoms with Crippen LogP contribution in [0.25, 0.3) is 11.3 Å². The fourth-order valence-electron chi connectivity index (χ4n) is 1.76. The highest BCUT2D eigenvalue weighted by atomic mass is 19.1. The van der Waals surface area contributed by atoms with Crippen molar-refractivity contribution in [1.82, 2.24) is 9.97 Å². The van der Waals surface area contributed by atoms with Gasteiger partial charge in [0, 0.05) is 12.6 Å². The first-order chi connectivity index (χ1) is 9.26. The molecule has 0 radical (unpaired) electrons. The first-order valence-corrected chi connectivity index (χ1v) is 6.23. The highest BCUT2D eigenvalue weighted by Gasteiger charge is 2.23. The fourth-order valence-corrected chi connectivity index (χ4v) is 1.76. The second-order valence-corrected chi connectivity index (χ2v) is 4.48. The van der Waals surface area contributed by atoms with E-state index >= 15 is 0 Å². The second kappa shape index (κ2) is 4.84. The van der Waals surface area contributed by atoms with E-state index in [4.69, 9.17) is 4.74 Å². The Morgan fingerprint density at radius 2 is 2.00 bits per heavy atom. The van der Waals surface area contributed by atoms with Crippen molar-refractivity contribution >= 4 is 5.95 Å². The van der Waals surface area contributed by atoms with Crippen LogP contribution >= 0.6 is 0 Å². The van der Waals surface area contributed by atoms with Crippen molar-refractivity contribution in [2.24, 2.45) is 0 Å². The van der Waals surface area contributed by atoms with Crippen molar-refractivity contribution in [3.8, 4) is 17.0 Å². The Morgan fingerprint density at radius 3 is 2.63 bits per heavy atom. The average molecular weight is 259 g/mol. The van der Waals surface area contributed by atoms with Crippen LogP contribution in [0.4, 0.5) is 10.3 Å². The molecular weight excluding hydrogens is 245 g/mol. The Bertz CT molecular complexity index is 582. The van der Waals surface area contributed by atoms with Gasteiger partial charge in [-0.05, 0) is 37.1 Å². The van der Waals surface area contributed by atoms with E-state index < -0.39 is 5.82 Å². The molecule has 0 atom stereocenters. The molecule has 1 saturated carbocycles. The third-order valence-corrected chi connectivity index (χ3v) is 2.92. The highest BCUT2D eigenvalue weighted by molar-refractivity contribution is 5.61. The zero-order valence-electron chi connectivity index (χ0n) is 10.6. The van der Waals surface area contributed by atoms with Gasteiger partial charge in [0.2, 0.25) is 5.95 Å². The molecule has 1 aliphatic carbocycles. The molecule has 0 spiro atoms. The first kappa shape index (κ1) is 11.9. The van der Waals surface area contributed by atoms with Gasteiger partial charge < -0.3 is 10.1 Å². The molecule has 0 saturated heterocycles. The highest BCUT2D eigenvalue weighted by Crippen LogP contribution is 2.29. The number of hydrogen-bond acceptors (Lipinski definition) is 4. The minimum Gasteiger partial charge on any atom is -0.490 e. The van der Waals surface area contributed by atoms with Crippen LogP contribution in [0, 0.1) is 5.82 Å². The monoisotopic (exact) mass is 259 g/mol. The maximum atomic E-state index is 13.7. The molecule has 3 rings (SSSR count). The Kier molecular flexibility index (Phi) is 3.03. The van der Waals surface area contributed by atoms with E-state index in [0.717, 1.165) is 18.6 Å². The van der Waals surface area contributed by atoms with Gasteiger partial charge in [0.15, 0.2) is 5.82 Å². The quantitative estimate of drug-likeness (QED) is 0.917. The van der Waals surface area contributed by atoms with Gasteiger partial charge >= 0.3 is 0 Å². The van der Waals surface area contributed by atoms with Crippen LogP contribution < -0.4 is 10.1 Å². The molecule has 1 aromatic carbocycles. The van der Waals surface area contributed by atoms with Crippen LogP contribution in [-0.2, 0) is 0 Å². The molecule has 1 aromatic heterocycles. The summed E-state index contributed by atoms with van der Waals surface area (Å²) in [6, 6.07) is 7.30. The number of rotatable bonds is 4. The summed E-state index contributed by atoms with van der Waals surface area (Å²) >= 11 is 0. The van der Waals surface area contributed by atoms with Crippen LogP contribution in [0.3, 0.4) is 0 Å². The van der Waals surface area contributed by atoms with Crippen LogP contribution in [-0.4, -0.2) is 23.1 Å². The summed E-state index contributed by atoms with van der Waals surface area (Å²) in [5.74, 6) is 0.777. The summed E-state index contributed by atoms with van der Waals surface area (Å²) in [5, 5.41) is 2.80. The molecule has 98 valence electrons. The number of anilines is 1. The molecule has 1 N–H and O–H groups in total. The van der Waals surface area contributed by atoms with Gasteiger partial charge in [0.1, 0.15) is 11.4 Å². The predicted octanol–water partition coefficient (Wildman–Crippen LogP) is 2.87. The summed E-state index contributed by atoms with van der Waals surface area (Å²) in [6.07, 6.45) is 3.77. The molecule has 4 nitrogen and oxygen atoms in total. The van der Waals surface area contributed by atoms with E-state index in [2.05, 4.69) is 15.3 Å². The number of nitrogens with zero attached hydrogens (tertiary/aromatic N) is 2. The van der Waals surface area contributed by atoms with Crippen molar-refractivity contribution in [1.29, 1.82) is 0 Å². The van der Waals surface area contributed by atoms with E-state index in [0.29, 0.717) is 17.6 Å². The van der Waals surface area contributed by atoms with Gasteiger partial charge in [-0.3, -0.25) is 0 Å². The Balaban J connectivity index is 1.88. The van der Waals surface area contributed by atoms with Crippen LogP contribution in [0.5, 0.6) is 5.75 Å². The van der Waals surface area contributed by atoms with E-state index in [-0.39, 0.29) is 5.69 Å². The summed E-state index contributed by atoms with van der Waals surface area (Å²) in [7, 11) is 1.70. The molecule has 1 fully saturated rings. The lowest BCUT2D eigenvalue weighted by Gasteiger charge is -2.07. The van der Waals surface area contributed by atoms with Crippen LogP contribution in [0.1, 0.15) is 12.8 Å². The number of nitrogens with one attached hydrogen (secondary N) is 1. The standard InChI is InChI=1S/C14H14FN3O/c1-16-14-17-8-12(15)13(18-14)9-2-4-10(5-3-9)19-11-6-7-11/h2-5,8,11H,6-7H2,1H3,(H,16,17,18). The predicted molar refractivity (Wildman–Crippen MR) is 70.6 cm³/mol. The second-order valence-electron chi connectivity index (χ2n) is 4.48. The number of halogens is 1. The summed E-state index contributed by atoms with van der Waals surface area (Å²) in [4.78, 5) is 7.95. The smallest absolute Gasteiger partial charge is 0.223 e. The van der Waals surface area contributed by atoms with Crippen molar-refractivity contribution in [2.75, 3.05) is 12.4 Å². The molecule has 0 aliphatic heterocycles. The zero-order valence-corrected chi connectivity index (χ0v) is 10.6. The van der Waals surface area contributed by atoms with Gasteiger partial charge in [-0.15, -0.1) is 0 Å². The van der Waals surface area contributed by atoms with E-state index in [1.807, 2.05) is 24.3 Å². The van der Waals surface area contributed by atoms with Gasteiger partial charge in [-0.25, -0.2) is 14.4 Å². The van der Waals surface area contributed by atoms with Crippen molar-refractivity contribution in [3.63, 3.8) is 0 Å². The minimum atomic E-state index is -0.435. The maximum absolute atomic E-state index is 13.7. The molecule has 2 aromatic rings. The number of aromatic nitrogens is 2. The molecular formula is C14H14FN3O. The SMILES string of the molecule is CNc1ncc(F)c(-c2ccc(OC3CC3)cc2)n1. The van der Waals surface area contributed by atoms with Crippen LogP contribution in [0.15, 0.2) is 30.5 Å². The molecule has 0 bridgehead atoms. The number of benzene rings is 1. The average Bonchev–Trinajstić information content (AvgIpc) is 3.24. The maximum Gasteiger partial charge on any atom is 0.223 e. The lowest BCUT2D eigenvalue weighted by atomic mass is 10.1.